The van der Waals surface area contributed by atoms with Crippen LogP contribution in [0.1, 0.15) is 28.3 Å². The number of nitrogens with zero attached hydrogens (tertiary/aromatic N) is 1. The minimum atomic E-state index is -0.0705. The summed E-state index contributed by atoms with van der Waals surface area (Å²) in [6, 6.07) is 7.49. The first kappa shape index (κ1) is 13.4. The van der Waals surface area contributed by atoms with Crippen molar-refractivity contribution in [2.75, 3.05) is 13.2 Å². The first-order chi connectivity index (χ1) is 9.83. The van der Waals surface area contributed by atoms with Gasteiger partial charge in [-0.05, 0) is 36.4 Å². The van der Waals surface area contributed by atoms with Gasteiger partial charge in [-0.15, -0.1) is 11.3 Å². The molecule has 1 aliphatic heterocycles. The van der Waals surface area contributed by atoms with E-state index in [4.69, 9.17) is 9.15 Å². The molecule has 1 unspecified atom stereocenters. The molecule has 0 bridgehead atoms. The van der Waals surface area contributed by atoms with Gasteiger partial charge in [0.15, 0.2) is 5.76 Å². The number of carbonyl (C=O) groups is 1. The number of thiophene rings is 1. The number of hydrogen-bond acceptors (Lipinski definition) is 4. The van der Waals surface area contributed by atoms with Crippen molar-refractivity contribution < 1.29 is 13.9 Å². The molecule has 1 atom stereocenters. The van der Waals surface area contributed by atoms with Crippen molar-refractivity contribution in [1.82, 2.24) is 4.90 Å². The van der Waals surface area contributed by atoms with Crippen molar-refractivity contribution in [3.63, 3.8) is 0 Å². The molecule has 1 saturated heterocycles. The Balaban J connectivity index is 1.73. The van der Waals surface area contributed by atoms with Gasteiger partial charge in [-0.3, -0.25) is 4.79 Å². The average Bonchev–Trinajstić information content (AvgIpc) is 3.20. The predicted octanol–water partition coefficient (Wildman–Crippen LogP) is 3.16. The van der Waals surface area contributed by atoms with E-state index in [1.54, 1.807) is 23.5 Å². The molecule has 1 aliphatic rings. The number of ether oxygens (including phenoxy) is 1. The minimum absolute atomic E-state index is 0.0705. The van der Waals surface area contributed by atoms with Crippen LogP contribution in [0.3, 0.4) is 0 Å². The number of rotatable bonds is 5. The van der Waals surface area contributed by atoms with E-state index in [1.165, 1.54) is 11.1 Å². The zero-order chi connectivity index (χ0) is 13.8. The Morgan fingerprint density at radius 3 is 3.00 bits per heavy atom. The fourth-order valence-corrected chi connectivity index (χ4v) is 3.12. The summed E-state index contributed by atoms with van der Waals surface area (Å²) in [5.41, 5.74) is 0. The molecule has 0 aromatic carbocycles. The number of carbonyl (C=O) groups excluding carboxylic acids is 1. The van der Waals surface area contributed by atoms with Gasteiger partial charge in [0.05, 0.1) is 18.9 Å². The predicted molar refractivity (Wildman–Crippen MR) is 76.7 cm³/mol. The lowest BCUT2D eigenvalue weighted by molar-refractivity contribution is 0.0486. The zero-order valence-corrected chi connectivity index (χ0v) is 12.0. The monoisotopic (exact) mass is 291 g/mol. The molecule has 0 spiro atoms. The van der Waals surface area contributed by atoms with Gasteiger partial charge in [0, 0.05) is 18.0 Å². The van der Waals surface area contributed by atoms with Crippen LogP contribution in [0.25, 0.3) is 0 Å². The first-order valence-electron chi connectivity index (χ1n) is 6.79. The van der Waals surface area contributed by atoms with Gasteiger partial charge in [0.2, 0.25) is 0 Å². The molecule has 20 heavy (non-hydrogen) atoms. The van der Waals surface area contributed by atoms with Crippen LogP contribution in [-0.4, -0.2) is 30.1 Å². The fraction of sp³-hybridized carbons (Fsp3) is 0.400. The molecular formula is C15H17NO3S. The molecule has 3 rings (SSSR count). The Labute approximate surface area is 122 Å². The Morgan fingerprint density at radius 2 is 2.35 bits per heavy atom. The lowest BCUT2D eigenvalue weighted by Crippen LogP contribution is -2.36. The van der Waals surface area contributed by atoms with Crippen LogP contribution in [0, 0.1) is 0 Å². The Morgan fingerprint density at radius 1 is 1.40 bits per heavy atom. The molecule has 2 aromatic rings. The highest BCUT2D eigenvalue weighted by Gasteiger charge is 2.25. The Hall–Kier alpha value is -1.59. The summed E-state index contributed by atoms with van der Waals surface area (Å²) in [6.45, 7) is 2.03. The normalized spacial score (nSPS) is 18.3. The highest BCUT2D eigenvalue weighted by molar-refractivity contribution is 7.09. The highest BCUT2D eigenvalue weighted by Crippen LogP contribution is 2.19. The molecule has 0 radical (unpaired) electrons. The molecule has 1 amide bonds. The molecule has 0 N–H and O–H groups in total. The molecule has 1 fully saturated rings. The Kier molecular flexibility index (Phi) is 4.18. The lowest BCUT2D eigenvalue weighted by Gasteiger charge is -2.24. The highest BCUT2D eigenvalue weighted by atomic mass is 32.1. The van der Waals surface area contributed by atoms with Crippen LogP contribution >= 0.6 is 11.3 Å². The van der Waals surface area contributed by atoms with Crippen molar-refractivity contribution in [1.29, 1.82) is 0 Å². The Bertz CT molecular complexity index is 529. The van der Waals surface area contributed by atoms with Crippen molar-refractivity contribution in [3.05, 3.63) is 46.5 Å². The summed E-state index contributed by atoms with van der Waals surface area (Å²) in [4.78, 5) is 15.5. The first-order valence-corrected chi connectivity index (χ1v) is 7.67. The summed E-state index contributed by atoms with van der Waals surface area (Å²) in [5, 5.41) is 2.02. The van der Waals surface area contributed by atoms with Gasteiger partial charge >= 0.3 is 0 Å². The summed E-state index contributed by atoms with van der Waals surface area (Å²) in [5.74, 6) is 0.318. The summed E-state index contributed by atoms with van der Waals surface area (Å²) >= 11 is 1.66. The second-order valence-electron chi connectivity index (χ2n) is 4.88. The largest absolute Gasteiger partial charge is 0.459 e. The van der Waals surface area contributed by atoms with Gasteiger partial charge in [0.1, 0.15) is 0 Å². The van der Waals surface area contributed by atoms with Crippen LogP contribution in [0.2, 0.25) is 0 Å². The maximum Gasteiger partial charge on any atom is 0.289 e. The maximum absolute atomic E-state index is 12.5. The van der Waals surface area contributed by atoms with Gasteiger partial charge < -0.3 is 14.1 Å². The second kappa shape index (κ2) is 6.24. The zero-order valence-electron chi connectivity index (χ0n) is 11.2. The van der Waals surface area contributed by atoms with E-state index in [1.807, 2.05) is 22.4 Å². The summed E-state index contributed by atoms with van der Waals surface area (Å²) < 4.78 is 10.9. The lowest BCUT2D eigenvalue weighted by atomic mass is 10.2. The molecule has 0 aliphatic carbocycles. The van der Waals surface area contributed by atoms with Crippen molar-refractivity contribution >= 4 is 17.2 Å². The molecule has 3 heterocycles. The maximum atomic E-state index is 12.5. The van der Waals surface area contributed by atoms with Gasteiger partial charge in [-0.25, -0.2) is 0 Å². The average molecular weight is 291 g/mol. The number of furan rings is 1. The summed E-state index contributed by atoms with van der Waals surface area (Å²) in [6.07, 6.45) is 3.77. The molecular weight excluding hydrogens is 274 g/mol. The molecule has 0 saturated carbocycles. The van der Waals surface area contributed by atoms with Crippen LogP contribution in [0.15, 0.2) is 40.3 Å². The molecule has 5 heteroatoms. The minimum Gasteiger partial charge on any atom is -0.459 e. The van der Waals surface area contributed by atoms with Gasteiger partial charge in [0.25, 0.3) is 5.91 Å². The van der Waals surface area contributed by atoms with Crippen molar-refractivity contribution in [3.8, 4) is 0 Å². The van der Waals surface area contributed by atoms with Gasteiger partial charge in [-0.2, -0.15) is 0 Å². The third kappa shape index (κ3) is 3.11. The van der Waals surface area contributed by atoms with Crippen LogP contribution in [0.4, 0.5) is 0 Å². The fourth-order valence-electron chi connectivity index (χ4n) is 2.40. The van der Waals surface area contributed by atoms with Crippen LogP contribution < -0.4 is 0 Å². The van der Waals surface area contributed by atoms with Crippen LogP contribution in [0.5, 0.6) is 0 Å². The van der Waals surface area contributed by atoms with Crippen molar-refractivity contribution in [2.24, 2.45) is 0 Å². The summed E-state index contributed by atoms with van der Waals surface area (Å²) in [7, 11) is 0. The van der Waals surface area contributed by atoms with E-state index in [0.717, 1.165) is 19.4 Å². The molecule has 106 valence electrons. The third-order valence-electron chi connectivity index (χ3n) is 3.39. The van der Waals surface area contributed by atoms with E-state index in [9.17, 15) is 4.79 Å². The van der Waals surface area contributed by atoms with E-state index in [-0.39, 0.29) is 12.0 Å². The van der Waals surface area contributed by atoms with E-state index < -0.39 is 0 Å². The van der Waals surface area contributed by atoms with E-state index in [2.05, 4.69) is 0 Å². The number of hydrogen-bond donors (Lipinski definition) is 0. The quantitative estimate of drug-likeness (QED) is 0.850. The third-order valence-corrected chi connectivity index (χ3v) is 4.26. The van der Waals surface area contributed by atoms with E-state index >= 15 is 0 Å². The smallest absolute Gasteiger partial charge is 0.289 e. The standard InChI is InChI=1S/C15H17NO3S/c17-15(14-6-2-8-19-14)16(10-12-4-1-7-18-12)11-13-5-3-9-20-13/h2-3,5-6,8-9,12H,1,4,7,10-11H2. The van der Waals surface area contributed by atoms with E-state index in [0.29, 0.717) is 18.8 Å². The van der Waals surface area contributed by atoms with Crippen LogP contribution in [-0.2, 0) is 11.3 Å². The molecule has 2 aromatic heterocycles. The van der Waals surface area contributed by atoms with Gasteiger partial charge in [-0.1, -0.05) is 6.07 Å². The topological polar surface area (TPSA) is 42.7 Å². The second-order valence-corrected chi connectivity index (χ2v) is 5.91. The van der Waals surface area contributed by atoms with Crippen molar-refractivity contribution in [2.45, 2.75) is 25.5 Å². The number of amides is 1. The molecule has 4 nitrogen and oxygen atoms in total. The SMILES string of the molecule is O=C(c1ccco1)N(Cc1cccs1)CC1CCCO1.